The van der Waals surface area contributed by atoms with E-state index in [1.807, 2.05) is 6.19 Å². The van der Waals surface area contributed by atoms with Gasteiger partial charge in [0, 0.05) is 18.1 Å². The molecule has 0 atom stereocenters. The maximum Gasteiger partial charge on any atom is 0.261 e. The fraction of sp³-hybridized carbons (Fsp3) is 0.0714. The molecule has 3 aromatic rings. The summed E-state index contributed by atoms with van der Waals surface area (Å²) >= 11 is 0. The molecule has 2 N–H and O–H groups in total. The molecule has 3 rings (SSSR count). The highest BCUT2D eigenvalue weighted by atomic mass is 32.2. The van der Waals surface area contributed by atoms with Crippen LogP contribution in [0.2, 0.25) is 0 Å². The lowest BCUT2D eigenvalue weighted by molar-refractivity contribution is 0.602. The quantitative estimate of drug-likeness (QED) is 0.745. The zero-order chi connectivity index (χ0) is 16.6. The molecule has 23 heavy (non-hydrogen) atoms. The average molecular weight is 329 g/mol. The number of hydrogen-bond acceptors (Lipinski definition) is 6. The summed E-state index contributed by atoms with van der Waals surface area (Å²) in [7, 11) is -3.28. The molecular weight excluding hydrogens is 318 g/mol. The molecule has 2 aromatic heterocycles. The molecule has 0 radical (unpaired) electrons. The van der Waals surface area contributed by atoms with Crippen LogP contribution in [0, 0.1) is 11.5 Å². The number of hydrogen-bond donors (Lipinski definition) is 2. The maximum atomic E-state index is 12.0. The Labute approximate surface area is 130 Å². The number of nitrogens with one attached hydrogen (secondary N) is 2. The van der Waals surface area contributed by atoms with Gasteiger partial charge in [0.2, 0.25) is 6.19 Å². The summed E-state index contributed by atoms with van der Waals surface area (Å²) in [5.74, 6) is 0.218. The third-order valence-electron chi connectivity index (χ3n) is 3.24. The van der Waals surface area contributed by atoms with Crippen LogP contribution in [-0.2, 0) is 9.84 Å². The van der Waals surface area contributed by atoms with Crippen molar-refractivity contribution in [1.82, 2.24) is 14.8 Å². The number of benzene rings is 1. The highest BCUT2D eigenvalue weighted by molar-refractivity contribution is 7.90. The van der Waals surface area contributed by atoms with Gasteiger partial charge >= 0.3 is 0 Å². The van der Waals surface area contributed by atoms with Gasteiger partial charge in [-0.25, -0.2) is 8.42 Å². The maximum absolute atomic E-state index is 12.0. The third kappa shape index (κ3) is 2.67. The van der Waals surface area contributed by atoms with Crippen LogP contribution in [-0.4, -0.2) is 29.4 Å². The van der Waals surface area contributed by atoms with Crippen molar-refractivity contribution in [3.8, 4) is 6.19 Å². The van der Waals surface area contributed by atoms with Gasteiger partial charge in [-0.05, 0) is 30.3 Å². The standard InChI is InChI=1S/C14H11N5O3S/c1-23(21,22)10-4-2-9(3-5-10)17-13-12-11(19(8-15)18-13)6-7-16-14(12)20/h2-7H,1H3,(H,16,20)(H,17,18). The second-order valence-corrected chi connectivity index (χ2v) is 6.86. The van der Waals surface area contributed by atoms with E-state index in [0.717, 1.165) is 10.9 Å². The number of nitriles is 1. The Hall–Kier alpha value is -3.12. The van der Waals surface area contributed by atoms with E-state index in [1.165, 1.54) is 18.3 Å². The van der Waals surface area contributed by atoms with Gasteiger partial charge < -0.3 is 10.3 Å². The fourth-order valence-electron chi connectivity index (χ4n) is 2.16. The summed E-state index contributed by atoms with van der Waals surface area (Å²) in [6.07, 6.45) is 4.42. The highest BCUT2D eigenvalue weighted by Crippen LogP contribution is 2.23. The molecule has 0 saturated heterocycles. The van der Waals surface area contributed by atoms with Crippen LogP contribution in [0.1, 0.15) is 0 Å². The minimum absolute atomic E-state index is 0.188. The summed E-state index contributed by atoms with van der Waals surface area (Å²) in [6, 6.07) is 7.59. The van der Waals surface area contributed by atoms with E-state index < -0.39 is 9.84 Å². The van der Waals surface area contributed by atoms with Crippen molar-refractivity contribution in [3.05, 3.63) is 46.9 Å². The van der Waals surface area contributed by atoms with Gasteiger partial charge in [0.05, 0.1) is 10.4 Å². The van der Waals surface area contributed by atoms with Gasteiger partial charge in [-0.3, -0.25) is 4.79 Å². The molecule has 2 heterocycles. The minimum atomic E-state index is -3.28. The highest BCUT2D eigenvalue weighted by Gasteiger charge is 2.14. The van der Waals surface area contributed by atoms with E-state index in [4.69, 9.17) is 5.26 Å². The molecule has 0 aliphatic rings. The molecular formula is C14H11N5O3S. The lowest BCUT2D eigenvalue weighted by Crippen LogP contribution is -2.05. The Balaban J connectivity index is 2.06. The van der Waals surface area contributed by atoms with Crippen molar-refractivity contribution in [3.63, 3.8) is 0 Å². The molecule has 9 heteroatoms. The molecule has 0 aliphatic carbocycles. The van der Waals surface area contributed by atoms with Crippen LogP contribution in [0.25, 0.3) is 10.9 Å². The monoisotopic (exact) mass is 329 g/mol. The van der Waals surface area contributed by atoms with Crippen molar-refractivity contribution in [1.29, 1.82) is 5.26 Å². The second-order valence-electron chi connectivity index (χ2n) is 4.85. The Bertz CT molecular complexity index is 1090. The van der Waals surface area contributed by atoms with Crippen LogP contribution >= 0.6 is 0 Å². The van der Waals surface area contributed by atoms with Gasteiger partial charge in [-0.2, -0.15) is 9.94 Å². The van der Waals surface area contributed by atoms with Gasteiger partial charge in [0.15, 0.2) is 15.7 Å². The first-order valence-corrected chi connectivity index (χ1v) is 8.37. The summed E-state index contributed by atoms with van der Waals surface area (Å²) in [4.78, 5) is 14.7. The van der Waals surface area contributed by atoms with Crippen LogP contribution < -0.4 is 10.9 Å². The summed E-state index contributed by atoms with van der Waals surface area (Å²) in [6.45, 7) is 0. The normalized spacial score (nSPS) is 11.3. The minimum Gasteiger partial charge on any atom is -0.338 e. The molecule has 0 spiro atoms. The number of fused-ring (bicyclic) bond motifs is 1. The predicted octanol–water partition coefficient (Wildman–Crippen LogP) is 1.20. The number of rotatable bonds is 3. The van der Waals surface area contributed by atoms with Crippen molar-refractivity contribution in [2.45, 2.75) is 4.90 Å². The van der Waals surface area contributed by atoms with E-state index in [0.29, 0.717) is 11.2 Å². The molecule has 0 fully saturated rings. The lowest BCUT2D eigenvalue weighted by Gasteiger charge is -2.04. The zero-order valence-electron chi connectivity index (χ0n) is 11.9. The van der Waals surface area contributed by atoms with Crippen LogP contribution in [0.3, 0.4) is 0 Å². The number of pyridine rings is 1. The Kier molecular flexibility index (Phi) is 3.38. The van der Waals surface area contributed by atoms with Crippen LogP contribution in [0.4, 0.5) is 11.5 Å². The first kappa shape index (κ1) is 14.8. The summed E-state index contributed by atoms with van der Waals surface area (Å²) in [5, 5.41) is 16.3. The van der Waals surface area contributed by atoms with E-state index in [9.17, 15) is 13.2 Å². The van der Waals surface area contributed by atoms with Gasteiger partial charge in [-0.1, -0.05) is 0 Å². The van der Waals surface area contributed by atoms with E-state index in [1.54, 1.807) is 18.2 Å². The van der Waals surface area contributed by atoms with E-state index in [-0.39, 0.29) is 21.7 Å². The van der Waals surface area contributed by atoms with E-state index >= 15 is 0 Å². The molecule has 0 aliphatic heterocycles. The summed E-state index contributed by atoms with van der Waals surface area (Å²) in [5.41, 5.74) is 0.552. The SMILES string of the molecule is CS(=O)(=O)c1ccc(Nc2nn(C#N)c3cc[nH]c(=O)c23)cc1. The number of H-pyrrole nitrogens is 1. The molecule has 0 bridgehead atoms. The molecule has 0 saturated carbocycles. The Morgan fingerprint density at radius 2 is 1.96 bits per heavy atom. The molecule has 116 valence electrons. The van der Waals surface area contributed by atoms with Gasteiger partial charge in [0.1, 0.15) is 5.39 Å². The van der Waals surface area contributed by atoms with Gasteiger partial charge in [-0.15, -0.1) is 5.10 Å². The van der Waals surface area contributed by atoms with E-state index in [2.05, 4.69) is 15.4 Å². The number of sulfone groups is 1. The third-order valence-corrected chi connectivity index (χ3v) is 4.37. The first-order valence-electron chi connectivity index (χ1n) is 6.48. The van der Waals surface area contributed by atoms with Crippen molar-refractivity contribution < 1.29 is 8.42 Å². The number of aromatic amines is 1. The fourth-order valence-corrected chi connectivity index (χ4v) is 2.79. The van der Waals surface area contributed by atoms with Crippen molar-refractivity contribution >= 4 is 32.2 Å². The number of nitrogens with zero attached hydrogens (tertiary/aromatic N) is 3. The van der Waals surface area contributed by atoms with Crippen LogP contribution in [0.5, 0.6) is 0 Å². The molecule has 1 aromatic carbocycles. The Morgan fingerprint density at radius 1 is 1.26 bits per heavy atom. The predicted molar refractivity (Wildman–Crippen MR) is 84.2 cm³/mol. The molecule has 0 amide bonds. The van der Waals surface area contributed by atoms with Gasteiger partial charge in [0.25, 0.3) is 5.56 Å². The number of aromatic nitrogens is 3. The topological polar surface area (TPSA) is 121 Å². The molecule has 0 unspecified atom stereocenters. The average Bonchev–Trinajstić information content (AvgIpc) is 2.86. The number of anilines is 2. The summed E-state index contributed by atoms with van der Waals surface area (Å²) < 4.78 is 23.9. The zero-order valence-corrected chi connectivity index (χ0v) is 12.8. The first-order chi connectivity index (χ1) is 10.9. The van der Waals surface area contributed by atoms with Crippen molar-refractivity contribution in [2.24, 2.45) is 0 Å². The smallest absolute Gasteiger partial charge is 0.261 e. The second kappa shape index (κ2) is 5.26. The largest absolute Gasteiger partial charge is 0.338 e. The molecule has 8 nitrogen and oxygen atoms in total. The Morgan fingerprint density at radius 3 is 2.57 bits per heavy atom. The van der Waals surface area contributed by atoms with Crippen molar-refractivity contribution in [2.75, 3.05) is 11.6 Å². The van der Waals surface area contributed by atoms with Crippen LogP contribution in [0.15, 0.2) is 46.2 Å². The lowest BCUT2D eigenvalue weighted by atomic mass is 10.3.